The van der Waals surface area contributed by atoms with E-state index in [0.717, 1.165) is 24.3 Å². The molecule has 152 valence electrons. The number of rotatable bonds is 6. The molecular formula is C15H17F3NO7S-. The highest BCUT2D eigenvalue weighted by molar-refractivity contribution is 7.88. The molecule has 0 aliphatic heterocycles. The minimum Gasteiger partial charge on any atom is -0.548 e. The van der Waals surface area contributed by atoms with Gasteiger partial charge in [0.05, 0.1) is 12.0 Å². The third kappa shape index (κ3) is 7.33. The number of alkyl halides is 3. The van der Waals surface area contributed by atoms with Gasteiger partial charge in [0.1, 0.15) is 11.4 Å². The van der Waals surface area contributed by atoms with E-state index in [9.17, 15) is 36.3 Å². The molecule has 0 spiro atoms. The zero-order valence-electron chi connectivity index (χ0n) is 14.5. The molecule has 1 N–H and O–H groups in total. The lowest BCUT2D eigenvalue weighted by Gasteiger charge is -2.24. The largest absolute Gasteiger partial charge is 0.548 e. The lowest BCUT2D eigenvalue weighted by Crippen LogP contribution is -2.50. The number of amides is 1. The summed E-state index contributed by atoms with van der Waals surface area (Å²) in [4.78, 5) is 22.8. The molecule has 0 heterocycles. The first-order chi connectivity index (χ1) is 12.1. The second-order valence-corrected chi connectivity index (χ2v) is 7.89. The maximum absolute atomic E-state index is 12.3. The van der Waals surface area contributed by atoms with Crippen LogP contribution in [0, 0.1) is 0 Å². The molecule has 1 amide bonds. The number of halogens is 3. The van der Waals surface area contributed by atoms with Crippen LogP contribution in [0.5, 0.6) is 5.75 Å². The SMILES string of the molecule is CC(C)(C)OC(=O)NC(Cc1ccc(OS(=O)(=O)C(F)(F)F)cc1)C(=O)[O-]. The van der Waals surface area contributed by atoms with Crippen LogP contribution >= 0.6 is 0 Å². The van der Waals surface area contributed by atoms with Crippen LogP contribution in [0.2, 0.25) is 0 Å². The van der Waals surface area contributed by atoms with Crippen LogP contribution in [0.25, 0.3) is 0 Å². The molecule has 1 aromatic carbocycles. The van der Waals surface area contributed by atoms with E-state index < -0.39 is 45.1 Å². The average Bonchev–Trinajstić information content (AvgIpc) is 2.45. The topological polar surface area (TPSA) is 122 Å². The number of hydrogen-bond donors (Lipinski definition) is 1. The molecule has 0 saturated heterocycles. The monoisotopic (exact) mass is 412 g/mol. The molecule has 1 unspecified atom stereocenters. The van der Waals surface area contributed by atoms with Crippen molar-refractivity contribution in [2.45, 2.75) is 44.3 Å². The van der Waals surface area contributed by atoms with Gasteiger partial charge in [-0.15, -0.1) is 0 Å². The molecule has 27 heavy (non-hydrogen) atoms. The summed E-state index contributed by atoms with van der Waals surface area (Å²) < 4.78 is 67.5. The van der Waals surface area contributed by atoms with Crippen molar-refractivity contribution >= 4 is 22.2 Å². The number of carboxylic acids is 1. The fraction of sp³-hybridized carbons (Fsp3) is 0.467. The van der Waals surface area contributed by atoms with Gasteiger partial charge in [-0.1, -0.05) is 12.1 Å². The molecule has 0 aliphatic carbocycles. The van der Waals surface area contributed by atoms with Crippen LogP contribution in [0.1, 0.15) is 26.3 Å². The Morgan fingerprint density at radius 2 is 1.67 bits per heavy atom. The van der Waals surface area contributed by atoms with Crippen LogP contribution in [-0.4, -0.2) is 37.6 Å². The molecule has 0 aromatic heterocycles. The molecule has 12 heteroatoms. The van der Waals surface area contributed by atoms with E-state index in [2.05, 4.69) is 9.50 Å². The van der Waals surface area contributed by atoms with Crippen LogP contribution in [0.3, 0.4) is 0 Å². The highest BCUT2D eigenvalue weighted by Crippen LogP contribution is 2.27. The summed E-state index contributed by atoms with van der Waals surface area (Å²) in [7, 11) is -5.81. The molecule has 0 saturated carbocycles. The van der Waals surface area contributed by atoms with Gasteiger partial charge in [-0.2, -0.15) is 21.6 Å². The first-order valence-electron chi connectivity index (χ1n) is 7.41. The number of benzene rings is 1. The van der Waals surface area contributed by atoms with Gasteiger partial charge in [-0.25, -0.2) is 4.79 Å². The fourth-order valence-corrected chi connectivity index (χ4v) is 2.19. The Hall–Kier alpha value is -2.50. The average molecular weight is 412 g/mol. The molecule has 0 aliphatic rings. The summed E-state index contributed by atoms with van der Waals surface area (Å²) in [5, 5.41) is 13.3. The standard InChI is InChI=1S/C15H18F3NO7S/c1-14(2,3)25-13(22)19-11(12(20)21)8-9-4-6-10(7-5-9)26-27(23,24)15(16,17)18/h4-7,11H,8H2,1-3H3,(H,19,22)(H,20,21)/p-1. The molecule has 1 aromatic rings. The predicted octanol–water partition coefficient (Wildman–Crippen LogP) is 1.10. The maximum Gasteiger partial charge on any atom is 0.534 e. The number of nitrogens with one attached hydrogen (secondary N) is 1. The number of ether oxygens (including phenoxy) is 1. The lowest BCUT2D eigenvalue weighted by atomic mass is 10.1. The molecule has 0 radical (unpaired) electrons. The van der Waals surface area contributed by atoms with E-state index in [1.54, 1.807) is 20.8 Å². The van der Waals surface area contributed by atoms with Crippen molar-refractivity contribution in [3.63, 3.8) is 0 Å². The summed E-state index contributed by atoms with van der Waals surface area (Å²) in [5.41, 5.74) is -6.18. The van der Waals surface area contributed by atoms with Gasteiger partial charge < -0.3 is 24.1 Å². The van der Waals surface area contributed by atoms with E-state index in [-0.39, 0.29) is 12.0 Å². The van der Waals surface area contributed by atoms with E-state index in [1.807, 2.05) is 0 Å². The summed E-state index contributed by atoms with van der Waals surface area (Å²) in [5.74, 6) is -2.22. The Bertz CT molecular complexity index is 783. The van der Waals surface area contributed by atoms with Crippen molar-refractivity contribution in [1.82, 2.24) is 5.32 Å². The zero-order chi connectivity index (χ0) is 21.0. The number of carboxylic acid groups (broad SMARTS) is 1. The van der Waals surface area contributed by atoms with Crippen molar-refractivity contribution in [3.05, 3.63) is 29.8 Å². The Morgan fingerprint density at radius 1 is 1.15 bits per heavy atom. The van der Waals surface area contributed by atoms with Crippen LogP contribution in [-0.2, 0) is 26.1 Å². The Labute approximate surface area is 153 Å². The maximum atomic E-state index is 12.3. The predicted molar refractivity (Wildman–Crippen MR) is 83.9 cm³/mol. The van der Waals surface area contributed by atoms with Crippen molar-refractivity contribution in [3.8, 4) is 5.75 Å². The number of hydrogen-bond acceptors (Lipinski definition) is 7. The highest BCUT2D eigenvalue weighted by atomic mass is 32.2. The number of aliphatic carboxylic acids is 1. The van der Waals surface area contributed by atoms with Crippen molar-refractivity contribution in [2.24, 2.45) is 0 Å². The van der Waals surface area contributed by atoms with Gasteiger partial charge in [0.25, 0.3) is 0 Å². The van der Waals surface area contributed by atoms with Crippen molar-refractivity contribution in [2.75, 3.05) is 0 Å². The van der Waals surface area contributed by atoms with Crippen molar-refractivity contribution in [1.29, 1.82) is 0 Å². The third-order valence-electron chi connectivity index (χ3n) is 2.83. The van der Waals surface area contributed by atoms with Gasteiger partial charge in [0.15, 0.2) is 0 Å². The second-order valence-electron chi connectivity index (χ2n) is 6.35. The third-order valence-corrected chi connectivity index (χ3v) is 3.81. The molecule has 0 fully saturated rings. The van der Waals surface area contributed by atoms with E-state index in [4.69, 9.17) is 4.74 Å². The van der Waals surface area contributed by atoms with E-state index in [1.165, 1.54) is 0 Å². The zero-order valence-corrected chi connectivity index (χ0v) is 15.3. The minimum atomic E-state index is -5.81. The van der Waals surface area contributed by atoms with E-state index >= 15 is 0 Å². The van der Waals surface area contributed by atoms with Gasteiger partial charge >= 0.3 is 21.7 Å². The van der Waals surface area contributed by atoms with Crippen LogP contribution < -0.4 is 14.6 Å². The lowest BCUT2D eigenvalue weighted by molar-refractivity contribution is -0.308. The Kier molecular flexibility index (Phi) is 6.70. The quantitative estimate of drug-likeness (QED) is 0.548. The number of alkyl carbamates (subject to hydrolysis) is 1. The molecule has 1 rings (SSSR count). The number of carbonyl (C=O) groups is 2. The van der Waals surface area contributed by atoms with Gasteiger partial charge in [-0.05, 0) is 44.9 Å². The van der Waals surface area contributed by atoms with E-state index in [0.29, 0.717) is 0 Å². The summed E-state index contributed by atoms with van der Waals surface area (Å²) in [6.07, 6.45) is -1.28. The molecule has 8 nitrogen and oxygen atoms in total. The summed E-state index contributed by atoms with van der Waals surface area (Å²) >= 11 is 0. The van der Waals surface area contributed by atoms with Gasteiger partial charge in [-0.3, -0.25) is 0 Å². The Balaban J connectivity index is 2.82. The van der Waals surface area contributed by atoms with Crippen LogP contribution in [0.4, 0.5) is 18.0 Å². The summed E-state index contributed by atoms with van der Waals surface area (Å²) in [6.45, 7) is 4.73. The summed E-state index contributed by atoms with van der Waals surface area (Å²) in [6, 6.07) is 2.64. The Morgan fingerprint density at radius 3 is 2.07 bits per heavy atom. The molecule has 1 atom stereocenters. The second kappa shape index (κ2) is 8.03. The first kappa shape index (κ1) is 22.5. The first-order valence-corrected chi connectivity index (χ1v) is 8.81. The van der Waals surface area contributed by atoms with Gasteiger partial charge in [0.2, 0.25) is 0 Å². The molecular weight excluding hydrogens is 395 g/mol. The molecule has 0 bridgehead atoms. The van der Waals surface area contributed by atoms with Gasteiger partial charge in [0, 0.05) is 0 Å². The smallest absolute Gasteiger partial charge is 0.534 e. The highest BCUT2D eigenvalue weighted by Gasteiger charge is 2.48. The number of carbonyl (C=O) groups excluding carboxylic acids is 2. The fourth-order valence-electron chi connectivity index (χ4n) is 1.73. The minimum absolute atomic E-state index is 0.261. The van der Waals surface area contributed by atoms with Crippen LogP contribution in [0.15, 0.2) is 24.3 Å². The van der Waals surface area contributed by atoms with Crippen molar-refractivity contribution < 1.29 is 45.2 Å². The normalized spacial score (nSPS) is 13.6.